The number of aliphatic hydroxyl groups is 1. The number of aliphatic hydroxyl groups excluding tert-OH is 1. The van der Waals surface area contributed by atoms with Gasteiger partial charge in [-0.2, -0.15) is 92.2 Å². The molecular weight excluding hydrogens is 595 g/mol. The quantitative estimate of drug-likeness (QED) is 0.180. The average Bonchev–Trinajstić information content (AvgIpc) is 2.69. The Balaban J connectivity index is 6.63. The van der Waals surface area contributed by atoms with E-state index in [2.05, 4.69) is 0 Å². The van der Waals surface area contributed by atoms with Gasteiger partial charge in [0.15, 0.2) is 0 Å². The van der Waals surface area contributed by atoms with E-state index in [0.717, 1.165) is 0 Å². The van der Waals surface area contributed by atoms with Crippen LogP contribution in [0.3, 0.4) is 0 Å². The predicted molar refractivity (Wildman–Crippen MR) is 76.0 cm³/mol. The lowest BCUT2D eigenvalue weighted by molar-refractivity contribution is -0.420. The molecule has 0 atom stereocenters. The van der Waals surface area contributed by atoms with E-state index >= 15 is 0 Å². The maximum Gasteiger partial charge on any atom is 0.460 e. The lowest BCUT2D eigenvalue weighted by Gasteiger charge is -2.41. The van der Waals surface area contributed by atoms with E-state index < -0.39 is 91.1 Å². The van der Waals surface area contributed by atoms with Gasteiger partial charge in [0.25, 0.3) is 0 Å². The van der Waals surface area contributed by atoms with Gasteiger partial charge in [0.05, 0.1) is 0 Å². The van der Waals surface area contributed by atoms with Crippen LogP contribution in [-0.4, -0.2) is 71.2 Å². The van der Waals surface area contributed by atoms with Crippen LogP contribution in [0.5, 0.6) is 0 Å². The first-order valence-electron chi connectivity index (χ1n) is 8.55. The number of halogens is 21. The molecule has 0 saturated carbocycles. The fourth-order valence-corrected chi connectivity index (χ4v) is 2.10. The largest absolute Gasteiger partial charge is 0.460 e. The third-order valence-corrected chi connectivity index (χ3v) is 4.38. The second-order valence-corrected chi connectivity index (χ2v) is 7.05. The fourth-order valence-electron chi connectivity index (χ4n) is 2.10. The molecule has 0 spiro atoms. The third-order valence-electron chi connectivity index (χ3n) is 4.38. The van der Waals surface area contributed by atoms with Crippen molar-refractivity contribution in [1.29, 1.82) is 0 Å². The molecule has 0 radical (unpaired) electrons. The van der Waals surface area contributed by atoms with Crippen LogP contribution in [0, 0.1) is 0 Å². The molecule has 0 bridgehead atoms. The number of alkyl halides is 21. The first kappa shape index (κ1) is 35.2. The molecule has 0 aromatic rings. The molecule has 0 unspecified atom stereocenters. The molecule has 1 N–H and O–H groups in total. The first-order chi connectivity index (χ1) is 15.8. The van der Waals surface area contributed by atoms with Crippen LogP contribution < -0.4 is 0 Å². The molecule has 0 aliphatic heterocycles. The van der Waals surface area contributed by atoms with E-state index in [4.69, 9.17) is 5.11 Å². The normalized spacial score (nSPS) is 16.6. The minimum Gasteiger partial charge on any atom is -0.396 e. The molecule has 0 saturated heterocycles. The van der Waals surface area contributed by atoms with Crippen molar-refractivity contribution < 1.29 is 97.3 Å². The Morgan fingerprint density at radius 3 is 1.00 bits per heavy atom. The Morgan fingerprint density at radius 2 is 0.703 bits per heavy atom. The molecule has 37 heavy (non-hydrogen) atoms. The summed E-state index contributed by atoms with van der Waals surface area (Å²) >= 11 is 0. The van der Waals surface area contributed by atoms with Gasteiger partial charge in [0.1, 0.15) is 0 Å². The molecule has 0 rings (SSSR count). The van der Waals surface area contributed by atoms with Gasteiger partial charge in [-0.05, 0) is 18.6 Å². The SMILES string of the molecule is OCCCC(F)(F)C(F)(F)C(F)(F)C(F)(F)C(F)(F)C(F)(F)/C=C/C(F)(F)C(F)(F)C(F)(F)C(F)(F)F. The Morgan fingerprint density at radius 1 is 0.405 bits per heavy atom. The minimum absolute atomic E-state index is 1.50. The summed E-state index contributed by atoms with van der Waals surface area (Å²) in [5.74, 6) is -69.3. The lowest BCUT2D eigenvalue weighted by Crippen LogP contribution is -2.70. The van der Waals surface area contributed by atoms with Crippen LogP contribution in [-0.2, 0) is 0 Å². The Kier molecular flexibility index (Phi) is 9.00. The van der Waals surface area contributed by atoms with Crippen molar-refractivity contribution >= 4 is 0 Å². The summed E-state index contributed by atoms with van der Waals surface area (Å²) in [5, 5.41) is 8.21. The van der Waals surface area contributed by atoms with E-state index in [-0.39, 0.29) is 0 Å². The van der Waals surface area contributed by atoms with Gasteiger partial charge in [0.2, 0.25) is 0 Å². The standard InChI is InChI=1S/C15H9F21O/c16-6(17,2-1-5-37)9(22,23)12(28,29)13(30,31)10(24,25)7(18,19)3-4-8(20,21)11(26,27)14(32,33)15(34,35)36/h3-4,37H,1-2,5H2/b4-3+. The highest BCUT2D eigenvalue weighted by Gasteiger charge is 2.89. The van der Waals surface area contributed by atoms with Crippen molar-refractivity contribution in [2.24, 2.45) is 0 Å². The van der Waals surface area contributed by atoms with Crippen molar-refractivity contribution in [3.63, 3.8) is 0 Å². The predicted octanol–water partition coefficient (Wildman–Crippen LogP) is 7.60. The van der Waals surface area contributed by atoms with E-state index in [1.165, 1.54) is 0 Å². The summed E-state index contributed by atoms with van der Waals surface area (Å²) in [5.41, 5.74) is 0. The molecule has 0 amide bonds. The van der Waals surface area contributed by atoms with Gasteiger partial charge < -0.3 is 5.11 Å². The van der Waals surface area contributed by atoms with Gasteiger partial charge in [0, 0.05) is 13.0 Å². The summed E-state index contributed by atoms with van der Waals surface area (Å²) in [6, 6.07) is 0. The van der Waals surface area contributed by atoms with Crippen LogP contribution in [0.4, 0.5) is 92.2 Å². The van der Waals surface area contributed by atoms with Gasteiger partial charge in [-0.15, -0.1) is 0 Å². The highest BCUT2D eigenvalue weighted by atomic mass is 19.4. The molecule has 0 aromatic heterocycles. The molecule has 0 fully saturated rings. The molecule has 0 aromatic carbocycles. The van der Waals surface area contributed by atoms with Gasteiger partial charge in [-0.3, -0.25) is 0 Å². The summed E-state index contributed by atoms with van der Waals surface area (Å²) in [7, 11) is 0. The number of hydrogen-bond acceptors (Lipinski definition) is 1. The summed E-state index contributed by atoms with van der Waals surface area (Å²) in [6.07, 6.45) is -17.2. The Hall–Kier alpha value is -1.77. The summed E-state index contributed by atoms with van der Waals surface area (Å²) in [4.78, 5) is 0. The van der Waals surface area contributed by atoms with Crippen LogP contribution in [0.15, 0.2) is 12.2 Å². The molecule has 0 heterocycles. The van der Waals surface area contributed by atoms with Crippen LogP contribution in [0.1, 0.15) is 12.8 Å². The van der Waals surface area contributed by atoms with Crippen molar-refractivity contribution in [3.8, 4) is 0 Å². The van der Waals surface area contributed by atoms with E-state index in [9.17, 15) is 92.2 Å². The monoisotopic (exact) mass is 604 g/mol. The Bertz CT molecular complexity index is 820. The third kappa shape index (κ3) is 5.26. The molecule has 1 nitrogen and oxygen atoms in total. The topological polar surface area (TPSA) is 20.2 Å². The smallest absolute Gasteiger partial charge is 0.396 e. The Labute approximate surface area is 189 Å². The second kappa shape index (κ2) is 9.45. The molecule has 0 aliphatic carbocycles. The van der Waals surface area contributed by atoms with E-state index in [1.807, 2.05) is 0 Å². The van der Waals surface area contributed by atoms with Crippen molar-refractivity contribution in [3.05, 3.63) is 12.2 Å². The maximum atomic E-state index is 13.5. The fraction of sp³-hybridized carbons (Fsp3) is 0.867. The summed E-state index contributed by atoms with van der Waals surface area (Å²) in [6.45, 7) is -1.50. The highest BCUT2D eigenvalue weighted by Crippen LogP contribution is 2.61. The van der Waals surface area contributed by atoms with Gasteiger partial charge in [-0.1, -0.05) is 0 Å². The zero-order valence-corrected chi connectivity index (χ0v) is 16.7. The highest BCUT2D eigenvalue weighted by molar-refractivity contribution is 5.19. The molecule has 222 valence electrons. The van der Waals surface area contributed by atoms with Crippen LogP contribution in [0.25, 0.3) is 0 Å². The molecular formula is C15H9F21O. The van der Waals surface area contributed by atoms with Crippen LogP contribution in [0.2, 0.25) is 0 Å². The minimum atomic E-state index is -8.38. The zero-order valence-electron chi connectivity index (χ0n) is 16.7. The van der Waals surface area contributed by atoms with E-state index in [0.29, 0.717) is 0 Å². The molecule has 22 heteroatoms. The number of hydrogen-bond donors (Lipinski definition) is 1. The van der Waals surface area contributed by atoms with Crippen LogP contribution >= 0.6 is 0 Å². The van der Waals surface area contributed by atoms with Gasteiger partial charge in [-0.25, -0.2) is 0 Å². The summed E-state index contributed by atoms with van der Waals surface area (Å²) < 4.78 is 275. The lowest BCUT2D eigenvalue weighted by atomic mass is 9.89. The van der Waals surface area contributed by atoms with Crippen molar-refractivity contribution in [2.75, 3.05) is 6.61 Å². The number of allylic oxidation sites excluding steroid dienone is 2. The second-order valence-electron chi connectivity index (χ2n) is 7.05. The van der Waals surface area contributed by atoms with Gasteiger partial charge >= 0.3 is 59.5 Å². The van der Waals surface area contributed by atoms with Crippen molar-refractivity contribution in [2.45, 2.75) is 72.3 Å². The molecule has 0 aliphatic rings. The van der Waals surface area contributed by atoms with E-state index in [1.54, 1.807) is 0 Å². The zero-order chi connectivity index (χ0) is 30.5. The number of rotatable bonds is 12. The maximum absolute atomic E-state index is 13.5. The average molecular weight is 604 g/mol. The van der Waals surface area contributed by atoms with Crippen molar-refractivity contribution in [1.82, 2.24) is 0 Å². The first-order valence-corrected chi connectivity index (χ1v) is 8.55.